The molecule has 1 aromatic heterocycles. The second-order valence-corrected chi connectivity index (χ2v) is 7.75. The first-order chi connectivity index (χ1) is 12.5. The van der Waals surface area contributed by atoms with Gasteiger partial charge in [-0.1, -0.05) is 32.4 Å². The highest BCUT2D eigenvalue weighted by molar-refractivity contribution is 6.03. The Balaban J connectivity index is 1.60. The Bertz CT molecular complexity index is 756. The fourth-order valence-electron chi connectivity index (χ4n) is 3.63. The van der Waals surface area contributed by atoms with Crippen molar-refractivity contribution in [3.8, 4) is 0 Å². The molecular formula is C22H33N3O. The largest absolute Gasteiger partial charge is 0.462 e. The van der Waals surface area contributed by atoms with Crippen LogP contribution in [0.25, 0.3) is 17.0 Å². The maximum Gasteiger partial charge on any atom is 0.159 e. The van der Waals surface area contributed by atoms with Crippen LogP contribution in [-0.4, -0.2) is 36.6 Å². The zero-order valence-corrected chi connectivity index (χ0v) is 16.7. The van der Waals surface area contributed by atoms with E-state index in [2.05, 4.69) is 67.5 Å². The lowest BCUT2D eigenvalue weighted by Crippen LogP contribution is -2.30. The predicted octanol–water partition coefficient (Wildman–Crippen LogP) is 5.57. The number of anilines is 2. The summed E-state index contributed by atoms with van der Waals surface area (Å²) in [5.74, 6) is 0. The van der Waals surface area contributed by atoms with Crippen LogP contribution in [0.2, 0.25) is 0 Å². The van der Waals surface area contributed by atoms with Gasteiger partial charge in [0.25, 0.3) is 0 Å². The van der Waals surface area contributed by atoms with Crippen molar-refractivity contribution in [3.63, 3.8) is 0 Å². The maximum absolute atomic E-state index is 5.79. The molecule has 0 spiro atoms. The molecule has 0 bridgehead atoms. The highest BCUT2D eigenvalue weighted by atomic mass is 16.3. The van der Waals surface area contributed by atoms with E-state index in [9.17, 15) is 0 Å². The quantitative estimate of drug-likeness (QED) is 0.577. The van der Waals surface area contributed by atoms with Crippen LogP contribution in [0.3, 0.4) is 0 Å². The minimum absolute atomic E-state index is 0.0307. The summed E-state index contributed by atoms with van der Waals surface area (Å²) >= 11 is 0. The topological polar surface area (TPSA) is 40.4 Å². The number of fused-ring (bicyclic) bond motifs is 3. The van der Waals surface area contributed by atoms with Crippen molar-refractivity contribution >= 4 is 28.4 Å². The Morgan fingerprint density at radius 1 is 1.15 bits per heavy atom. The van der Waals surface area contributed by atoms with Gasteiger partial charge in [0.15, 0.2) is 5.58 Å². The minimum Gasteiger partial charge on any atom is -0.462 e. The molecule has 4 heteroatoms. The van der Waals surface area contributed by atoms with Gasteiger partial charge in [-0.3, -0.25) is 0 Å². The van der Waals surface area contributed by atoms with Gasteiger partial charge < -0.3 is 20.0 Å². The van der Waals surface area contributed by atoms with Crippen LogP contribution in [0.1, 0.15) is 52.5 Å². The van der Waals surface area contributed by atoms with Gasteiger partial charge in [-0.15, -0.1) is 0 Å². The average molecular weight is 356 g/mol. The third-order valence-electron chi connectivity index (χ3n) is 5.26. The first-order valence-electron chi connectivity index (χ1n) is 10.0. The Morgan fingerprint density at radius 2 is 1.96 bits per heavy atom. The normalized spacial score (nSPS) is 15.3. The van der Waals surface area contributed by atoms with Crippen molar-refractivity contribution in [2.24, 2.45) is 0 Å². The molecule has 2 aromatic rings. The van der Waals surface area contributed by atoms with Crippen molar-refractivity contribution in [1.82, 2.24) is 4.90 Å². The number of furan rings is 1. The van der Waals surface area contributed by atoms with Crippen molar-refractivity contribution in [3.05, 3.63) is 30.0 Å². The summed E-state index contributed by atoms with van der Waals surface area (Å²) in [5.41, 5.74) is 4.41. The van der Waals surface area contributed by atoms with Crippen LogP contribution in [0.4, 0.5) is 11.4 Å². The Labute approximate surface area is 157 Å². The molecular weight excluding hydrogens is 322 g/mol. The van der Waals surface area contributed by atoms with Gasteiger partial charge in [0.1, 0.15) is 0 Å². The molecule has 1 aliphatic heterocycles. The number of benzene rings is 1. The van der Waals surface area contributed by atoms with Crippen LogP contribution in [0.5, 0.6) is 0 Å². The van der Waals surface area contributed by atoms with E-state index in [0.717, 1.165) is 36.3 Å². The molecule has 0 amide bonds. The molecule has 2 heterocycles. The van der Waals surface area contributed by atoms with E-state index in [0.29, 0.717) is 0 Å². The van der Waals surface area contributed by atoms with Crippen molar-refractivity contribution in [1.29, 1.82) is 0 Å². The molecule has 1 aromatic carbocycles. The highest BCUT2D eigenvalue weighted by Crippen LogP contribution is 2.39. The number of hydrogen-bond acceptors (Lipinski definition) is 4. The summed E-state index contributed by atoms with van der Waals surface area (Å²) in [6.07, 6.45) is 9.93. The lowest BCUT2D eigenvalue weighted by molar-refractivity contribution is 0.296. The second kappa shape index (κ2) is 8.17. The van der Waals surface area contributed by atoms with Gasteiger partial charge in [0.05, 0.1) is 23.2 Å². The Morgan fingerprint density at radius 3 is 2.73 bits per heavy atom. The SMILES string of the molecule is CCN(CC)CCCCCNc1cc2c(c3ccoc13)NC(C)(C)C=C2. The molecule has 0 saturated carbocycles. The summed E-state index contributed by atoms with van der Waals surface area (Å²) in [5, 5.41) is 8.37. The molecule has 142 valence electrons. The van der Waals surface area contributed by atoms with Gasteiger partial charge in [-0.25, -0.2) is 0 Å². The summed E-state index contributed by atoms with van der Waals surface area (Å²) in [6.45, 7) is 13.3. The van der Waals surface area contributed by atoms with E-state index in [1.807, 2.05) is 0 Å². The lowest BCUT2D eigenvalue weighted by atomic mass is 9.95. The summed E-state index contributed by atoms with van der Waals surface area (Å²) in [6, 6.07) is 4.27. The van der Waals surface area contributed by atoms with Crippen molar-refractivity contribution in [2.45, 2.75) is 52.5 Å². The highest BCUT2D eigenvalue weighted by Gasteiger charge is 2.23. The molecule has 4 nitrogen and oxygen atoms in total. The molecule has 1 aliphatic rings. The van der Waals surface area contributed by atoms with E-state index in [1.54, 1.807) is 6.26 Å². The molecule has 0 unspecified atom stereocenters. The number of rotatable bonds is 9. The van der Waals surface area contributed by atoms with Crippen molar-refractivity contribution < 1.29 is 4.42 Å². The fourth-order valence-corrected chi connectivity index (χ4v) is 3.63. The summed E-state index contributed by atoms with van der Waals surface area (Å²) in [7, 11) is 0. The second-order valence-electron chi connectivity index (χ2n) is 7.75. The molecule has 0 aliphatic carbocycles. The zero-order valence-electron chi connectivity index (χ0n) is 16.7. The van der Waals surface area contributed by atoms with Crippen LogP contribution in [-0.2, 0) is 0 Å². The molecule has 0 saturated heterocycles. The van der Waals surface area contributed by atoms with Gasteiger partial charge in [0, 0.05) is 17.5 Å². The van der Waals surface area contributed by atoms with Crippen LogP contribution < -0.4 is 10.6 Å². The average Bonchev–Trinajstić information content (AvgIpc) is 3.11. The van der Waals surface area contributed by atoms with E-state index < -0.39 is 0 Å². The number of nitrogens with zero attached hydrogens (tertiary/aromatic N) is 1. The Hall–Kier alpha value is -1.94. The standard InChI is InChI=1S/C22H33N3O/c1-5-25(6-2)14-9-7-8-13-23-19-16-17-10-12-22(3,4)24-20(17)18-11-15-26-21(18)19/h10-12,15-16,23-24H,5-9,13-14H2,1-4H3. The lowest BCUT2D eigenvalue weighted by Gasteiger charge is -2.29. The summed E-state index contributed by atoms with van der Waals surface area (Å²) in [4.78, 5) is 2.49. The van der Waals surface area contributed by atoms with Gasteiger partial charge in [-0.05, 0) is 58.5 Å². The first kappa shape index (κ1) is 18.8. The minimum atomic E-state index is -0.0307. The van der Waals surface area contributed by atoms with Crippen LogP contribution >= 0.6 is 0 Å². The summed E-state index contributed by atoms with van der Waals surface area (Å²) < 4.78 is 5.79. The van der Waals surface area contributed by atoms with Gasteiger partial charge in [-0.2, -0.15) is 0 Å². The molecule has 0 radical (unpaired) electrons. The third kappa shape index (κ3) is 4.24. The number of nitrogens with one attached hydrogen (secondary N) is 2. The number of unbranched alkanes of at least 4 members (excludes halogenated alkanes) is 2. The van der Waals surface area contributed by atoms with Gasteiger partial charge in [0.2, 0.25) is 0 Å². The Kier molecular flexibility index (Phi) is 5.92. The van der Waals surface area contributed by atoms with E-state index in [1.165, 1.54) is 37.1 Å². The number of hydrogen-bond donors (Lipinski definition) is 2. The monoisotopic (exact) mass is 355 g/mol. The molecule has 0 atom stereocenters. The third-order valence-corrected chi connectivity index (χ3v) is 5.26. The first-order valence-corrected chi connectivity index (χ1v) is 10.0. The van der Waals surface area contributed by atoms with E-state index >= 15 is 0 Å². The molecule has 3 rings (SSSR count). The zero-order chi connectivity index (χ0) is 18.6. The van der Waals surface area contributed by atoms with Crippen LogP contribution in [0, 0.1) is 0 Å². The van der Waals surface area contributed by atoms with E-state index in [4.69, 9.17) is 4.42 Å². The predicted molar refractivity (Wildman–Crippen MR) is 113 cm³/mol. The fraction of sp³-hybridized carbons (Fsp3) is 0.545. The molecule has 26 heavy (non-hydrogen) atoms. The van der Waals surface area contributed by atoms with Crippen molar-refractivity contribution in [2.75, 3.05) is 36.8 Å². The maximum atomic E-state index is 5.79. The van der Waals surface area contributed by atoms with Crippen LogP contribution in [0.15, 0.2) is 28.9 Å². The molecule has 2 N–H and O–H groups in total. The molecule has 0 fully saturated rings. The smallest absolute Gasteiger partial charge is 0.159 e. The van der Waals surface area contributed by atoms with Gasteiger partial charge >= 0.3 is 0 Å². The van der Waals surface area contributed by atoms with E-state index in [-0.39, 0.29) is 5.54 Å².